The third-order valence-electron chi connectivity index (χ3n) is 9.45. The van der Waals surface area contributed by atoms with Crippen molar-refractivity contribution in [3.63, 3.8) is 0 Å². The molecule has 2 fully saturated rings. The van der Waals surface area contributed by atoms with Crippen LogP contribution in [0, 0.1) is 17.2 Å². The maximum absolute atomic E-state index is 15.1. The Bertz CT molecular complexity index is 1410. The van der Waals surface area contributed by atoms with Crippen molar-refractivity contribution in [1.82, 2.24) is 0 Å². The summed E-state index contributed by atoms with van der Waals surface area (Å²) in [5.74, 6) is 0.511. The van der Waals surface area contributed by atoms with E-state index in [1.165, 1.54) is 11.6 Å². The van der Waals surface area contributed by atoms with Crippen LogP contribution in [0.1, 0.15) is 74.1 Å². The standard InChI is InChI=1S/C33H35FO4/c1-32(2)13-4-5-27(32)25-15-20(6-10-24(25)26-16-22(37-3)9-11-30(26)34)19-38-23-8-7-21-12-14-33(28(21)17-23)18-29(33)31(35)36/h6-11,15-17,27,29H,4-5,12-14,18-19H2,1-3H3,(H,35,36)/t27-,29-,33-/m0/s1. The lowest BCUT2D eigenvalue weighted by Gasteiger charge is -2.30. The van der Waals surface area contributed by atoms with E-state index >= 15 is 4.39 Å². The molecule has 2 saturated carbocycles. The predicted octanol–water partition coefficient (Wildman–Crippen LogP) is 7.66. The van der Waals surface area contributed by atoms with Crippen LogP contribution < -0.4 is 9.47 Å². The second kappa shape index (κ2) is 9.14. The molecule has 198 valence electrons. The monoisotopic (exact) mass is 514 g/mol. The van der Waals surface area contributed by atoms with Gasteiger partial charge in [-0.1, -0.05) is 44.5 Å². The lowest BCUT2D eigenvalue weighted by atomic mass is 9.75. The van der Waals surface area contributed by atoms with Gasteiger partial charge in [-0.05, 0) is 102 Å². The number of carbonyl (C=O) groups is 1. The number of hydrogen-bond donors (Lipinski definition) is 1. The minimum atomic E-state index is -0.695. The molecule has 1 spiro atoms. The van der Waals surface area contributed by atoms with E-state index in [1.54, 1.807) is 19.2 Å². The zero-order chi connectivity index (χ0) is 26.7. The van der Waals surface area contributed by atoms with E-state index in [4.69, 9.17) is 9.47 Å². The van der Waals surface area contributed by atoms with Crippen molar-refractivity contribution < 1.29 is 23.8 Å². The van der Waals surface area contributed by atoms with Crippen molar-refractivity contribution in [2.45, 2.75) is 70.3 Å². The van der Waals surface area contributed by atoms with Crippen molar-refractivity contribution in [2.75, 3.05) is 7.11 Å². The number of ether oxygens (including phenoxy) is 2. The van der Waals surface area contributed by atoms with Gasteiger partial charge in [0.15, 0.2) is 0 Å². The summed E-state index contributed by atoms with van der Waals surface area (Å²) < 4.78 is 26.7. The minimum Gasteiger partial charge on any atom is -0.497 e. The summed E-state index contributed by atoms with van der Waals surface area (Å²) in [4.78, 5) is 11.6. The lowest BCUT2D eigenvalue weighted by molar-refractivity contribution is -0.139. The topological polar surface area (TPSA) is 55.8 Å². The number of benzene rings is 3. The first-order valence-electron chi connectivity index (χ1n) is 13.7. The number of fused-ring (bicyclic) bond motifs is 2. The van der Waals surface area contributed by atoms with E-state index in [0.29, 0.717) is 23.8 Å². The van der Waals surface area contributed by atoms with Crippen molar-refractivity contribution in [3.8, 4) is 22.6 Å². The van der Waals surface area contributed by atoms with E-state index in [-0.39, 0.29) is 22.6 Å². The molecule has 0 amide bonds. The smallest absolute Gasteiger partial charge is 0.307 e. The number of methoxy groups -OCH3 is 1. The first-order valence-corrected chi connectivity index (χ1v) is 13.7. The largest absolute Gasteiger partial charge is 0.497 e. The molecule has 0 heterocycles. The van der Waals surface area contributed by atoms with Crippen molar-refractivity contribution in [2.24, 2.45) is 11.3 Å². The molecule has 1 N–H and O–H groups in total. The molecule has 4 nitrogen and oxygen atoms in total. The quantitative estimate of drug-likeness (QED) is 0.352. The van der Waals surface area contributed by atoms with E-state index in [0.717, 1.165) is 66.5 Å². The fourth-order valence-corrected chi connectivity index (χ4v) is 7.17. The molecule has 3 aliphatic carbocycles. The maximum atomic E-state index is 15.1. The summed E-state index contributed by atoms with van der Waals surface area (Å²) in [5, 5.41) is 9.57. The molecule has 0 radical (unpaired) electrons. The molecule has 3 aliphatic rings. The molecule has 0 unspecified atom stereocenters. The third-order valence-corrected chi connectivity index (χ3v) is 9.45. The SMILES string of the molecule is COc1ccc(F)c(-c2ccc(COc3ccc4c(c3)[C@]3(CC4)C[C@H]3C(=O)O)cc2[C@@H]2CCCC2(C)C)c1. The number of halogens is 1. The molecule has 0 aliphatic heterocycles. The lowest BCUT2D eigenvalue weighted by Crippen LogP contribution is -2.17. The summed E-state index contributed by atoms with van der Waals surface area (Å²) in [6, 6.07) is 17.3. The number of rotatable bonds is 7. The van der Waals surface area contributed by atoms with Crippen molar-refractivity contribution in [3.05, 3.63) is 82.7 Å². The van der Waals surface area contributed by atoms with Crippen LogP contribution >= 0.6 is 0 Å². The minimum absolute atomic E-state index is 0.128. The second-order valence-electron chi connectivity index (χ2n) is 12.1. The van der Waals surface area contributed by atoms with Gasteiger partial charge in [-0.2, -0.15) is 0 Å². The summed E-state index contributed by atoms with van der Waals surface area (Å²) in [6.07, 6.45) is 5.95. The van der Waals surface area contributed by atoms with Gasteiger partial charge >= 0.3 is 5.97 Å². The van der Waals surface area contributed by atoms with Crippen LogP contribution in [0.15, 0.2) is 54.6 Å². The molecule has 5 heteroatoms. The van der Waals surface area contributed by atoms with Gasteiger partial charge in [-0.3, -0.25) is 4.79 Å². The summed E-state index contributed by atoms with van der Waals surface area (Å²) in [7, 11) is 1.60. The zero-order valence-electron chi connectivity index (χ0n) is 22.4. The molecule has 6 rings (SSSR count). The number of carboxylic acids is 1. The summed E-state index contributed by atoms with van der Waals surface area (Å²) in [5.41, 5.74) is 6.01. The van der Waals surface area contributed by atoms with Gasteiger partial charge in [-0.25, -0.2) is 4.39 Å². The molecule has 3 aromatic rings. The molecule has 0 aromatic heterocycles. The normalized spacial score (nSPS) is 24.8. The summed E-state index contributed by atoms with van der Waals surface area (Å²) >= 11 is 0. The Morgan fingerprint density at radius 3 is 2.55 bits per heavy atom. The highest BCUT2D eigenvalue weighted by Gasteiger charge is 2.61. The Labute approximate surface area is 223 Å². The van der Waals surface area contributed by atoms with Crippen LogP contribution in [0.5, 0.6) is 11.5 Å². The van der Waals surface area contributed by atoms with E-state index < -0.39 is 5.97 Å². The van der Waals surface area contributed by atoms with E-state index in [9.17, 15) is 9.90 Å². The molecule has 3 atom stereocenters. The first-order chi connectivity index (χ1) is 18.2. The van der Waals surface area contributed by atoms with Gasteiger partial charge in [-0.15, -0.1) is 0 Å². The summed E-state index contributed by atoms with van der Waals surface area (Å²) in [6.45, 7) is 5.01. The van der Waals surface area contributed by atoms with Gasteiger partial charge in [0.1, 0.15) is 23.9 Å². The van der Waals surface area contributed by atoms with Gasteiger partial charge < -0.3 is 14.6 Å². The number of aliphatic carboxylic acids is 1. The zero-order valence-corrected chi connectivity index (χ0v) is 22.4. The molecule has 0 bridgehead atoms. The Morgan fingerprint density at radius 2 is 1.84 bits per heavy atom. The van der Waals surface area contributed by atoms with Crippen LogP contribution in [0.4, 0.5) is 4.39 Å². The Morgan fingerprint density at radius 1 is 1.03 bits per heavy atom. The fourth-order valence-electron chi connectivity index (χ4n) is 7.17. The highest BCUT2D eigenvalue weighted by atomic mass is 19.1. The van der Waals surface area contributed by atoms with Crippen LogP contribution in [-0.4, -0.2) is 18.2 Å². The molecular weight excluding hydrogens is 479 g/mol. The van der Waals surface area contributed by atoms with E-state index in [1.807, 2.05) is 18.2 Å². The predicted molar refractivity (Wildman–Crippen MR) is 145 cm³/mol. The Balaban J connectivity index is 1.30. The van der Waals surface area contributed by atoms with Gasteiger partial charge in [0.2, 0.25) is 0 Å². The number of carboxylic acid groups (broad SMARTS) is 1. The molecule has 3 aromatic carbocycles. The number of hydrogen-bond acceptors (Lipinski definition) is 3. The fraction of sp³-hybridized carbons (Fsp3) is 0.424. The maximum Gasteiger partial charge on any atom is 0.307 e. The third kappa shape index (κ3) is 4.16. The van der Waals surface area contributed by atoms with E-state index in [2.05, 4.69) is 32.0 Å². The van der Waals surface area contributed by atoms with Gasteiger partial charge in [0.25, 0.3) is 0 Å². The highest BCUT2D eigenvalue weighted by Crippen LogP contribution is 2.62. The van der Waals surface area contributed by atoms with Crippen LogP contribution in [0.25, 0.3) is 11.1 Å². The Kier molecular flexibility index (Phi) is 6.01. The van der Waals surface area contributed by atoms with Gasteiger partial charge in [0.05, 0.1) is 13.0 Å². The Hall–Kier alpha value is -3.34. The van der Waals surface area contributed by atoms with Crippen molar-refractivity contribution in [1.29, 1.82) is 0 Å². The average molecular weight is 515 g/mol. The van der Waals surface area contributed by atoms with Crippen LogP contribution in [0.2, 0.25) is 0 Å². The second-order valence-corrected chi connectivity index (χ2v) is 12.1. The van der Waals surface area contributed by atoms with Crippen molar-refractivity contribution >= 4 is 5.97 Å². The van der Waals surface area contributed by atoms with Crippen LogP contribution in [-0.2, 0) is 23.2 Å². The average Bonchev–Trinajstić information content (AvgIpc) is 3.39. The molecule has 0 saturated heterocycles. The first kappa shape index (κ1) is 25.0. The molecule has 38 heavy (non-hydrogen) atoms. The van der Waals surface area contributed by atoms with Crippen LogP contribution in [0.3, 0.4) is 0 Å². The number of aryl methyl sites for hydroxylation is 1. The highest BCUT2D eigenvalue weighted by molar-refractivity contribution is 5.78. The molecular formula is C33H35FO4. The van der Waals surface area contributed by atoms with Gasteiger partial charge in [0, 0.05) is 11.0 Å².